The Kier molecular flexibility index (Phi) is 4.37. The first-order chi connectivity index (χ1) is 10.5. The molecule has 1 saturated heterocycles. The maximum atomic E-state index is 12.2. The summed E-state index contributed by atoms with van der Waals surface area (Å²) in [7, 11) is 2.00. The van der Waals surface area contributed by atoms with Crippen molar-refractivity contribution < 1.29 is 4.79 Å². The molecule has 1 unspecified atom stereocenters. The summed E-state index contributed by atoms with van der Waals surface area (Å²) in [6.07, 6.45) is 2.33. The first kappa shape index (κ1) is 15.7. The third-order valence-electron chi connectivity index (χ3n) is 3.95. The van der Waals surface area contributed by atoms with Crippen LogP contribution in [0.4, 0.5) is 5.69 Å². The van der Waals surface area contributed by atoms with Gasteiger partial charge in [0.05, 0.1) is 16.8 Å². The number of benzene rings is 1. The summed E-state index contributed by atoms with van der Waals surface area (Å²) in [5, 5.41) is 1.64. The van der Waals surface area contributed by atoms with E-state index in [1.165, 1.54) is 12.8 Å². The molecule has 2 fully saturated rings. The van der Waals surface area contributed by atoms with Crippen molar-refractivity contribution in [3.05, 3.63) is 28.8 Å². The van der Waals surface area contributed by atoms with Gasteiger partial charge in [-0.25, -0.2) is 0 Å². The molecule has 22 heavy (non-hydrogen) atoms. The van der Waals surface area contributed by atoms with E-state index in [9.17, 15) is 4.79 Å². The van der Waals surface area contributed by atoms with Gasteiger partial charge in [0.2, 0.25) is 5.91 Å². The van der Waals surface area contributed by atoms with Crippen molar-refractivity contribution in [2.75, 3.05) is 17.7 Å². The van der Waals surface area contributed by atoms with E-state index in [4.69, 9.17) is 16.6 Å². The Morgan fingerprint density at radius 2 is 2.18 bits per heavy atom. The molecule has 4 nitrogen and oxygen atoms in total. The van der Waals surface area contributed by atoms with E-state index < -0.39 is 0 Å². The molecule has 1 heterocycles. The first-order valence-corrected chi connectivity index (χ1v) is 8.83. The van der Waals surface area contributed by atoms with Crippen molar-refractivity contribution in [1.29, 1.82) is 0 Å². The zero-order valence-corrected chi connectivity index (χ0v) is 14.6. The summed E-state index contributed by atoms with van der Waals surface area (Å²) in [5.74, 6) is 0.808. The van der Waals surface area contributed by atoms with Gasteiger partial charge in [-0.1, -0.05) is 29.4 Å². The lowest BCUT2D eigenvalue weighted by atomic mass is 10.2. The molecule has 1 aliphatic heterocycles. The number of amides is 1. The van der Waals surface area contributed by atoms with Gasteiger partial charge >= 0.3 is 0 Å². The monoisotopic (exact) mass is 337 g/mol. The van der Waals surface area contributed by atoms with Crippen LogP contribution >= 0.6 is 23.4 Å². The number of thioether (sulfide) groups is 1. The molecule has 1 aliphatic carbocycles. The molecule has 118 valence electrons. The second-order valence-electron chi connectivity index (χ2n) is 5.89. The van der Waals surface area contributed by atoms with Crippen molar-refractivity contribution in [3.8, 4) is 0 Å². The molecule has 6 heteroatoms. The number of rotatable bonds is 3. The third kappa shape index (κ3) is 3.10. The minimum Gasteiger partial charge on any atom is -0.333 e. The fourth-order valence-corrected chi connectivity index (χ4v) is 4.12. The molecule has 1 atom stereocenters. The van der Waals surface area contributed by atoms with E-state index in [-0.39, 0.29) is 12.1 Å². The number of halogens is 1. The Labute approximate surface area is 140 Å². The van der Waals surface area contributed by atoms with Gasteiger partial charge in [-0.05, 0) is 37.5 Å². The number of hydrogen-bond donors (Lipinski definition) is 0. The highest BCUT2D eigenvalue weighted by Crippen LogP contribution is 2.35. The maximum Gasteiger partial charge on any atom is 0.225 e. The van der Waals surface area contributed by atoms with Crippen molar-refractivity contribution in [1.82, 2.24) is 4.90 Å². The van der Waals surface area contributed by atoms with Gasteiger partial charge in [0.15, 0.2) is 5.17 Å². The second-order valence-corrected chi connectivity index (χ2v) is 7.28. The van der Waals surface area contributed by atoms with Gasteiger partial charge in [-0.15, -0.1) is 0 Å². The summed E-state index contributed by atoms with van der Waals surface area (Å²) >= 11 is 8.09. The Morgan fingerprint density at radius 3 is 2.77 bits per heavy atom. The SMILES string of the molecule is CC(=O)N(c1ccc(C)cc1Cl)C1CSC(=NC2CC2)N1C. The number of carbonyl (C=O) groups is 1. The van der Waals surface area contributed by atoms with E-state index in [0.717, 1.165) is 22.2 Å². The zero-order chi connectivity index (χ0) is 15.9. The predicted octanol–water partition coefficient (Wildman–Crippen LogP) is 3.52. The minimum atomic E-state index is -0.0415. The lowest BCUT2D eigenvalue weighted by molar-refractivity contribution is -0.117. The highest BCUT2D eigenvalue weighted by atomic mass is 35.5. The molecule has 2 aliphatic rings. The Morgan fingerprint density at radius 1 is 1.45 bits per heavy atom. The van der Waals surface area contributed by atoms with Crippen LogP contribution in [0, 0.1) is 6.92 Å². The summed E-state index contributed by atoms with van der Waals surface area (Å²) < 4.78 is 0. The van der Waals surface area contributed by atoms with E-state index in [0.29, 0.717) is 11.1 Å². The molecule has 0 bridgehead atoms. The summed E-state index contributed by atoms with van der Waals surface area (Å²) in [6, 6.07) is 6.29. The molecule has 0 N–H and O–H groups in total. The average molecular weight is 338 g/mol. The van der Waals surface area contributed by atoms with Gasteiger partial charge < -0.3 is 4.90 Å². The van der Waals surface area contributed by atoms with Crippen LogP contribution in [0.2, 0.25) is 5.02 Å². The third-order valence-corrected chi connectivity index (χ3v) is 5.37. The molecular weight excluding hydrogens is 318 g/mol. The molecule has 0 radical (unpaired) electrons. The molecule has 0 aromatic heterocycles. The van der Waals surface area contributed by atoms with Gasteiger partial charge in [-0.2, -0.15) is 0 Å². The lowest BCUT2D eigenvalue weighted by Crippen LogP contribution is -2.48. The average Bonchev–Trinajstić information content (AvgIpc) is 3.19. The van der Waals surface area contributed by atoms with Crippen LogP contribution in [0.15, 0.2) is 23.2 Å². The Bertz CT molecular complexity index is 630. The standard InChI is InChI=1S/C16H20ClN3OS/c1-10-4-7-14(13(17)8-10)20(11(2)21)15-9-22-16(19(15)3)18-12-5-6-12/h4,7-8,12,15H,5-6,9H2,1-3H3. The first-order valence-electron chi connectivity index (χ1n) is 7.46. The number of hydrogen-bond acceptors (Lipinski definition) is 3. The van der Waals surface area contributed by atoms with Gasteiger partial charge in [0.25, 0.3) is 0 Å². The topological polar surface area (TPSA) is 35.9 Å². The molecule has 1 aromatic rings. The van der Waals surface area contributed by atoms with E-state index >= 15 is 0 Å². The van der Waals surface area contributed by atoms with Crippen LogP contribution in [0.1, 0.15) is 25.3 Å². The molecular formula is C16H20ClN3OS. The maximum absolute atomic E-state index is 12.2. The smallest absolute Gasteiger partial charge is 0.225 e. The van der Waals surface area contributed by atoms with Crippen molar-refractivity contribution in [3.63, 3.8) is 0 Å². The van der Waals surface area contributed by atoms with Crippen LogP contribution in [-0.2, 0) is 4.79 Å². The molecule has 1 amide bonds. The van der Waals surface area contributed by atoms with Gasteiger partial charge in [-0.3, -0.25) is 14.7 Å². The summed E-state index contributed by atoms with van der Waals surface area (Å²) in [5.41, 5.74) is 1.85. The number of nitrogens with zero attached hydrogens (tertiary/aromatic N) is 3. The van der Waals surface area contributed by atoms with Crippen molar-refractivity contribution in [2.24, 2.45) is 4.99 Å². The normalized spacial score (nSPS) is 23.2. The van der Waals surface area contributed by atoms with Crippen molar-refractivity contribution in [2.45, 2.75) is 38.9 Å². The van der Waals surface area contributed by atoms with E-state index in [1.54, 1.807) is 23.6 Å². The number of aliphatic imine (C=N–C) groups is 1. The van der Waals surface area contributed by atoms with Crippen LogP contribution in [-0.4, -0.2) is 41.0 Å². The van der Waals surface area contributed by atoms with E-state index in [2.05, 4.69) is 4.90 Å². The lowest BCUT2D eigenvalue weighted by Gasteiger charge is -2.33. The second kappa shape index (κ2) is 6.13. The number of anilines is 1. The van der Waals surface area contributed by atoms with Crippen LogP contribution < -0.4 is 4.90 Å². The minimum absolute atomic E-state index is 0.00382. The Balaban J connectivity index is 1.90. The van der Waals surface area contributed by atoms with Crippen LogP contribution in [0.25, 0.3) is 0 Å². The van der Waals surface area contributed by atoms with E-state index in [1.807, 2.05) is 32.2 Å². The van der Waals surface area contributed by atoms with Crippen LogP contribution in [0.5, 0.6) is 0 Å². The summed E-state index contributed by atoms with van der Waals surface area (Å²) in [6.45, 7) is 3.58. The highest BCUT2D eigenvalue weighted by Gasteiger charge is 2.36. The summed E-state index contributed by atoms with van der Waals surface area (Å²) in [4.78, 5) is 20.9. The quantitative estimate of drug-likeness (QED) is 0.846. The zero-order valence-electron chi connectivity index (χ0n) is 13.0. The largest absolute Gasteiger partial charge is 0.333 e. The molecule has 1 aromatic carbocycles. The number of amidine groups is 1. The van der Waals surface area contributed by atoms with Crippen molar-refractivity contribution >= 4 is 40.1 Å². The number of carbonyl (C=O) groups excluding carboxylic acids is 1. The fourth-order valence-electron chi connectivity index (χ4n) is 2.57. The molecule has 1 saturated carbocycles. The van der Waals surface area contributed by atoms with Gasteiger partial charge in [0, 0.05) is 19.7 Å². The van der Waals surface area contributed by atoms with Crippen LogP contribution in [0.3, 0.4) is 0 Å². The predicted molar refractivity (Wildman–Crippen MR) is 93.8 cm³/mol. The van der Waals surface area contributed by atoms with Gasteiger partial charge in [0.1, 0.15) is 6.17 Å². The Hall–Kier alpha value is -1.20. The molecule has 0 spiro atoms. The molecule has 3 rings (SSSR count). The number of aryl methyl sites for hydroxylation is 1. The fraction of sp³-hybridized carbons (Fsp3) is 0.500. The highest BCUT2D eigenvalue weighted by molar-refractivity contribution is 8.14.